The minimum Gasteiger partial charge on any atom is -0.311 e. The Hall–Kier alpha value is -5.34. The molecular weight excluding hydrogens is 613 g/mol. The van der Waals surface area contributed by atoms with E-state index in [1.54, 1.807) is 0 Å². The van der Waals surface area contributed by atoms with Crippen LogP contribution in [0.4, 0.5) is 17.1 Å². The fourth-order valence-electron chi connectivity index (χ4n) is 9.58. The molecule has 2 heteroatoms. The van der Waals surface area contributed by atoms with Crippen molar-refractivity contribution in [2.24, 2.45) is 0 Å². The molecule has 0 spiro atoms. The van der Waals surface area contributed by atoms with Gasteiger partial charge in [-0.15, -0.1) is 0 Å². The maximum Gasteiger partial charge on any atom is 0.248 e. The number of anilines is 3. The van der Waals surface area contributed by atoms with E-state index in [1.807, 2.05) is 0 Å². The lowest BCUT2D eigenvalue weighted by atomic mass is 9.37. The zero-order valence-corrected chi connectivity index (χ0v) is 30.6. The Kier molecular flexibility index (Phi) is 6.19. The van der Waals surface area contributed by atoms with Gasteiger partial charge in [0.25, 0.3) is 0 Å². The molecule has 0 unspecified atom stereocenters. The number of nitrogens with zero attached hydrogens (tertiary/aromatic N) is 1. The zero-order valence-electron chi connectivity index (χ0n) is 30.6. The summed E-state index contributed by atoms with van der Waals surface area (Å²) in [5, 5.41) is 8.12. The van der Waals surface area contributed by atoms with Crippen LogP contribution in [0.5, 0.6) is 0 Å². The van der Waals surface area contributed by atoms with Crippen LogP contribution in [0.25, 0.3) is 54.6 Å². The molecule has 2 heterocycles. The van der Waals surface area contributed by atoms with Gasteiger partial charge in [0.05, 0.1) is 5.69 Å². The van der Waals surface area contributed by atoms with Crippen molar-refractivity contribution >= 4 is 72.5 Å². The second-order valence-electron chi connectivity index (χ2n) is 17.0. The van der Waals surface area contributed by atoms with Crippen LogP contribution in [0, 0.1) is 6.92 Å². The topological polar surface area (TPSA) is 3.24 Å². The zero-order chi connectivity index (χ0) is 35.0. The van der Waals surface area contributed by atoms with Crippen LogP contribution in [-0.2, 0) is 10.8 Å². The summed E-state index contributed by atoms with van der Waals surface area (Å²) in [6.07, 6.45) is 0. The first-order chi connectivity index (χ1) is 24.5. The summed E-state index contributed by atoms with van der Waals surface area (Å²) < 4.78 is 0. The molecule has 0 aromatic heterocycles. The first-order valence-corrected chi connectivity index (χ1v) is 18.5. The molecule has 51 heavy (non-hydrogen) atoms. The summed E-state index contributed by atoms with van der Waals surface area (Å²) >= 11 is 0. The Bertz CT molecular complexity index is 2740. The standard InChI is InChI=1S/C49H42BN/c1-29-15-8-9-16-30(29)37-27-38(48(2,3)4)34-25-26-36-44(28-39(49(5,6)7)35-24-23-32(37)45(34)46(35)36)51-42-21-13-12-20-41(42)50-40-19-11-10-17-31(40)33-18-14-22-43(51)47(33)50/h8-28H,1-7H3. The molecule has 0 aliphatic carbocycles. The van der Waals surface area contributed by atoms with Crippen LogP contribution < -0.4 is 21.3 Å². The molecule has 2 aliphatic rings. The van der Waals surface area contributed by atoms with Crippen LogP contribution in [0.1, 0.15) is 58.2 Å². The number of para-hydroxylation sites is 1. The quantitative estimate of drug-likeness (QED) is 0.132. The fraction of sp³-hybridized carbons (Fsp3) is 0.184. The summed E-state index contributed by atoms with van der Waals surface area (Å²) in [6, 6.07) is 48.7. The van der Waals surface area contributed by atoms with Crippen LogP contribution >= 0.6 is 0 Å². The Labute approximate surface area is 302 Å². The van der Waals surface area contributed by atoms with Crippen LogP contribution in [0.15, 0.2) is 127 Å². The molecule has 0 radical (unpaired) electrons. The second kappa shape index (κ2) is 10.4. The molecule has 0 amide bonds. The van der Waals surface area contributed by atoms with E-state index in [1.165, 1.54) is 105 Å². The smallest absolute Gasteiger partial charge is 0.248 e. The summed E-state index contributed by atoms with van der Waals surface area (Å²) in [5.41, 5.74) is 17.4. The van der Waals surface area contributed by atoms with E-state index in [4.69, 9.17) is 0 Å². The lowest BCUT2D eigenvalue weighted by Gasteiger charge is -2.38. The Morgan fingerprint density at radius 2 is 0.980 bits per heavy atom. The maximum absolute atomic E-state index is 2.60. The number of fused-ring (bicyclic) bond motifs is 5. The minimum atomic E-state index is -0.0739. The largest absolute Gasteiger partial charge is 0.311 e. The molecular formula is C49H42BN. The highest BCUT2D eigenvalue weighted by Gasteiger charge is 2.42. The van der Waals surface area contributed by atoms with Crippen molar-refractivity contribution < 1.29 is 0 Å². The molecule has 0 atom stereocenters. The van der Waals surface area contributed by atoms with Gasteiger partial charge in [0.2, 0.25) is 6.71 Å². The maximum atomic E-state index is 2.60. The molecule has 246 valence electrons. The molecule has 0 bridgehead atoms. The van der Waals surface area contributed by atoms with Gasteiger partial charge in [0.1, 0.15) is 0 Å². The molecule has 0 N–H and O–H groups in total. The van der Waals surface area contributed by atoms with Crippen molar-refractivity contribution in [3.05, 3.63) is 144 Å². The summed E-state index contributed by atoms with van der Waals surface area (Å²) in [5.74, 6) is 0. The predicted molar refractivity (Wildman–Crippen MR) is 222 cm³/mol. The molecule has 8 aromatic carbocycles. The third kappa shape index (κ3) is 4.17. The highest BCUT2D eigenvalue weighted by Crippen LogP contribution is 2.51. The van der Waals surface area contributed by atoms with Gasteiger partial charge in [-0.3, -0.25) is 0 Å². The van der Waals surface area contributed by atoms with E-state index in [0.717, 1.165) is 0 Å². The fourth-order valence-corrected chi connectivity index (χ4v) is 9.58. The number of hydrogen-bond donors (Lipinski definition) is 0. The van der Waals surface area contributed by atoms with Crippen molar-refractivity contribution in [3.8, 4) is 22.3 Å². The van der Waals surface area contributed by atoms with Crippen molar-refractivity contribution in [1.29, 1.82) is 0 Å². The van der Waals surface area contributed by atoms with Gasteiger partial charge < -0.3 is 4.90 Å². The van der Waals surface area contributed by atoms with Crippen LogP contribution in [0.2, 0.25) is 0 Å². The average molecular weight is 656 g/mol. The number of rotatable bonds is 2. The van der Waals surface area contributed by atoms with Crippen LogP contribution in [-0.4, -0.2) is 6.71 Å². The molecule has 0 saturated heterocycles. The van der Waals surface area contributed by atoms with Gasteiger partial charge in [0.15, 0.2) is 0 Å². The van der Waals surface area contributed by atoms with E-state index in [-0.39, 0.29) is 17.5 Å². The molecule has 10 rings (SSSR count). The lowest BCUT2D eigenvalue weighted by molar-refractivity contribution is 0.595. The van der Waals surface area contributed by atoms with Gasteiger partial charge in [-0.2, -0.15) is 0 Å². The lowest BCUT2D eigenvalue weighted by Crippen LogP contribution is -2.54. The monoisotopic (exact) mass is 655 g/mol. The Morgan fingerprint density at radius 1 is 0.431 bits per heavy atom. The predicted octanol–water partition coefficient (Wildman–Crippen LogP) is 11.4. The van der Waals surface area contributed by atoms with E-state index < -0.39 is 0 Å². The van der Waals surface area contributed by atoms with E-state index in [9.17, 15) is 0 Å². The number of benzene rings is 8. The van der Waals surface area contributed by atoms with Crippen molar-refractivity contribution in [2.45, 2.75) is 59.3 Å². The van der Waals surface area contributed by atoms with Gasteiger partial charge in [-0.05, 0) is 119 Å². The third-order valence-corrected chi connectivity index (χ3v) is 11.8. The highest BCUT2D eigenvalue weighted by atomic mass is 15.2. The SMILES string of the molecule is Cc1ccccc1-c1cc(C(C)(C)C)c2ccc3c(N4c5ccccc5B5c6ccccc6-c6cccc4c65)cc(C(C)(C)C)c4ccc1c2c34. The number of hydrogen-bond acceptors (Lipinski definition) is 1. The van der Waals surface area contributed by atoms with Crippen molar-refractivity contribution in [3.63, 3.8) is 0 Å². The van der Waals surface area contributed by atoms with E-state index >= 15 is 0 Å². The molecule has 0 saturated carbocycles. The summed E-state index contributed by atoms with van der Waals surface area (Å²) in [7, 11) is 0. The average Bonchev–Trinajstić information content (AvgIpc) is 3.45. The van der Waals surface area contributed by atoms with E-state index in [0.29, 0.717) is 0 Å². The Morgan fingerprint density at radius 3 is 1.71 bits per heavy atom. The first-order valence-electron chi connectivity index (χ1n) is 18.5. The van der Waals surface area contributed by atoms with Crippen LogP contribution in [0.3, 0.4) is 0 Å². The van der Waals surface area contributed by atoms with Crippen molar-refractivity contribution in [1.82, 2.24) is 0 Å². The van der Waals surface area contributed by atoms with Crippen molar-refractivity contribution in [2.75, 3.05) is 4.90 Å². The molecule has 1 nitrogen and oxygen atoms in total. The normalized spacial score (nSPS) is 13.7. The van der Waals surface area contributed by atoms with E-state index in [2.05, 4.69) is 181 Å². The molecule has 0 fully saturated rings. The van der Waals surface area contributed by atoms with Gasteiger partial charge >= 0.3 is 0 Å². The highest BCUT2D eigenvalue weighted by molar-refractivity contribution is 7.01. The number of aryl methyl sites for hydroxylation is 1. The third-order valence-electron chi connectivity index (χ3n) is 11.8. The second-order valence-corrected chi connectivity index (χ2v) is 17.0. The summed E-state index contributed by atoms with van der Waals surface area (Å²) in [4.78, 5) is 2.60. The Balaban J connectivity index is 1.37. The molecule has 2 aliphatic heterocycles. The minimum absolute atomic E-state index is 0.0319. The molecule has 8 aromatic rings. The summed E-state index contributed by atoms with van der Waals surface area (Å²) in [6.45, 7) is 16.7. The van der Waals surface area contributed by atoms with Gasteiger partial charge in [-0.25, -0.2) is 0 Å². The van der Waals surface area contributed by atoms with Gasteiger partial charge in [-0.1, -0.05) is 150 Å². The van der Waals surface area contributed by atoms with Gasteiger partial charge in [0, 0.05) is 16.8 Å². The first kappa shape index (κ1) is 30.5.